The maximum atomic E-state index is 13.0. The van der Waals surface area contributed by atoms with Gasteiger partial charge in [-0.1, -0.05) is 26.8 Å². The van der Waals surface area contributed by atoms with Gasteiger partial charge in [-0.15, -0.1) is 0 Å². The molecule has 0 aromatic heterocycles. The number of halogens is 1. The van der Waals surface area contributed by atoms with E-state index < -0.39 is 0 Å². The number of hydrogen-bond donors (Lipinski definition) is 2. The van der Waals surface area contributed by atoms with E-state index in [9.17, 15) is 4.39 Å². The summed E-state index contributed by atoms with van der Waals surface area (Å²) in [6.07, 6.45) is 1.98. The maximum absolute atomic E-state index is 13.0. The van der Waals surface area contributed by atoms with Gasteiger partial charge in [0.1, 0.15) is 5.82 Å². The van der Waals surface area contributed by atoms with Crippen molar-refractivity contribution >= 4 is 5.69 Å². The van der Waals surface area contributed by atoms with Crippen LogP contribution in [0.3, 0.4) is 0 Å². The highest BCUT2D eigenvalue weighted by Gasteiger charge is 2.16. The largest absolute Gasteiger partial charge is 0.382 e. The number of benzene rings is 1. The van der Waals surface area contributed by atoms with Crippen LogP contribution in [0.2, 0.25) is 0 Å². The third kappa shape index (κ3) is 12.6. The Labute approximate surface area is 135 Å². The monoisotopic (exact) mass is 312 g/mol. The Balaban J connectivity index is 0.000000980. The molecule has 0 saturated carbocycles. The fourth-order valence-electron chi connectivity index (χ4n) is 1.63. The van der Waals surface area contributed by atoms with Crippen molar-refractivity contribution in [1.82, 2.24) is 5.43 Å². The normalized spacial score (nSPS) is 11.1. The van der Waals surface area contributed by atoms with Gasteiger partial charge < -0.3 is 10.2 Å². The maximum Gasteiger partial charge on any atom is 0.125 e. The van der Waals surface area contributed by atoms with Crippen LogP contribution in [-0.2, 0) is 4.74 Å². The molecule has 0 saturated heterocycles. The smallest absolute Gasteiger partial charge is 0.125 e. The lowest BCUT2D eigenvalue weighted by Crippen LogP contribution is -2.43. The van der Waals surface area contributed by atoms with Crippen LogP contribution in [0.1, 0.15) is 54.4 Å². The van der Waals surface area contributed by atoms with Crippen molar-refractivity contribution in [3.05, 3.63) is 30.1 Å². The molecule has 0 spiro atoms. The summed E-state index contributed by atoms with van der Waals surface area (Å²) in [6.45, 7) is 14.2. The van der Waals surface area contributed by atoms with Crippen LogP contribution in [0.25, 0.3) is 0 Å². The number of nitrogens with one attached hydrogen (secondary N) is 2. The summed E-state index contributed by atoms with van der Waals surface area (Å²) in [5.74, 6) is 0.593. The molecule has 0 aliphatic rings. The highest BCUT2D eigenvalue weighted by molar-refractivity contribution is 5.42. The summed E-state index contributed by atoms with van der Waals surface area (Å²) < 4.78 is 18.3. The van der Waals surface area contributed by atoms with Crippen LogP contribution >= 0.6 is 0 Å². The lowest BCUT2D eigenvalue weighted by molar-refractivity contribution is 0.137. The quantitative estimate of drug-likeness (QED) is 0.523. The van der Waals surface area contributed by atoms with Crippen LogP contribution in [0.4, 0.5) is 10.1 Å². The first-order chi connectivity index (χ1) is 10.3. The van der Waals surface area contributed by atoms with Gasteiger partial charge in [0.25, 0.3) is 0 Å². The van der Waals surface area contributed by atoms with Crippen molar-refractivity contribution in [2.75, 3.05) is 18.6 Å². The van der Waals surface area contributed by atoms with E-state index in [4.69, 9.17) is 4.74 Å². The van der Waals surface area contributed by atoms with Gasteiger partial charge in [-0.3, -0.25) is 0 Å². The second kappa shape index (κ2) is 11.4. The molecule has 1 aromatic carbocycles. The summed E-state index contributed by atoms with van der Waals surface area (Å²) in [4.78, 5) is 0. The summed E-state index contributed by atoms with van der Waals surface area (Å²) >= 11 is 0. The van der Waals surface area contributed by atoms with Crippen molar-refractivity contribution in [3.63, 3.8) is 0 Å². The standard InChI is InChI=1S/C14H23FN2O.C4H10/c1-4-18-10-6-9-14(2,3)17-16-13-8-5-7-12(15)11-13;1-4(2)3/h5,7-8,11,16-17H,4,6,9-10H2,1-3H3;4H,1-3H3. The minimum atomic E-state index is -0.240. The van der Waals surface area contributed by atoms with Crippen LogP contribution in [0.5, 0.6) is 0 Å². The van der Waals surface area contributed by atoms with E-state index in [-0.39, 0.29) is 11.4 Å². The van der Waals surface area contributed by atoms with Gasteiger partial charge in [0.05, 0.1) is 5.69 Å². The number of hydrazine groups is 1. The summed E-state index contributed by atoms with van der Waals surface area (Å²) in [7, 11) is 0. The molecule has 3 nitrogen and oxygen atoms in total. The molecule has 1 rings (SSSR count). The van der Waals surface area contributed by atoms with E-state index >= 15 is 0 Å². The van der Waals surface area contributed by atoms with Gasteiger partial charge >= 0.3 is 0 Å². The van der Waals surface area contributed by atoms with Crippen molar-refractivity contribution in [3.8, 4) is 0 Å². The van der Waals surface area contributed by atoms with Crippen molar-refractivity contribution in [2.45, 2.75) is 59.9 Å². The van der Waals surface area contributed by atoms with Gasteiger partial charge in [0.15, 0.2) is 0 Å². The Bertz CT molecular complexity index is 392. The predicted molar refractivity (Wildman–Crippen MR) is 93.5 cm³/mol. The second-order valence-electron chi connectivity index (χ2n) is 6.68. The van der Waals surface area contributed by atoms with E-state index in [0.717, 1.165) is 37.7 Å². The van der Waals surface area contributed by atoms with Gasteiger partial charge in [0.2, 0.25) is 0 Å². The third-order valence-electron chi connectivity index (χ3n) is 2.66. The number of rotatable bonds is 8. The summed E-state index contributed by atoms with van der Waals surface area (Å²) in [5, 5.41) is 0. The first-order valence-electron chi connectivity index (χ1n) is 8.13. The molecule has 0 aliphatic heterocycles. The van der Waals surface area contributed by atoms with E-state index in [1.165, 1.54) is 12.1 Å². The second-order valence-corrected chi connectivity index (χ2v) is 6.68. The Kier molecular flexibility index (Phi) is 10.9. The average molecular weight is 312 g/mol. The lowest BCUT2D eigenvalue weighted by atomic mass is 10.00. The zero-order chi connectivity index (χ0) is 17.0. The van der Waals surface area contributed by atoms with E-state index in [0.29, 0.717) is 0 Å². The molecule has 0 unspecified atom stereocenters. The molecule has 0 fully saturated rings. The molecule has 1 aromatic rings. The van der Waals surface area contributed by atoms with E-state index in [2.05, 4.69) is 45.5 Å². The minimum Gasteiger partial charge on any atom is -0.382 e. The molecule has 4 heteroatoms. The Hall–Kier alpha value is -1.13. The molecule has 0 atom stereocenters. The Morgan fingerprint density at radius 1 is 1.23 bits per heavy atom. The highest BCUT2D eigenvalue weighted by atomic mass is 19.1. The number of hydrogen-bond acceptors (Lipinski definition) is 3. The summed E-state index contributed by atoms with van der Waals surface area (Å²) in [5.41, 5.74) is 6.91. The summed E-state index contributed by atoms with van der Waals surface area (Å²) in [6, 6.07) is 6.40. The topological polar surface area (TPSA) is 33.3 Å². The molecule has 2 N–H and O–H groups in total. The van der Waals surface area contributed by atoms with Gasteiger partial charge in [-0.05, 0) is 57.7 Å². The first kappa shape index (κ1) is 20.9. The fourth-order valence-corrected chi connectivity index (χ4v) is 1.63. The molecule has 0 radical (unpaired) electrons. The lowest BCUT2D eigenvalue weighted by Gasteiger charge is -2.27. The fraction of sp³-hybridized carbons (Fsp3) is 0.667. The molecule has 0 amide bonds. The first-order valence-corrected chi connectivity index (χ1v) is 8.13. The Morgan fingerprint density at radius 3 is 2.41 bits per heavy atom. The molecular formula is C18H33FN2O. The van der Waals surface area contributed by atoms with Crippen molar-refractivity contribution in [1.29, 1.82) is 0 Å². The number of ether oxygens (including phenoxy) is 1. The zero-order valence-corrected chi connectivity index (χ0v) is 15.0. The van der Waals surface area contributed by atoms with Crippen LogP contribution < -0.4 is 10.9 Å². The van der Waals surface area contributed by atoms with Gasteiger partial charge in [0, 0.05) is 18.8 Å². The predicted octanol–water partition coefficient (Wildman–Crippen LogP) is 5.00. The third-order valence-corrected chi connectivity index (χ3v) is 2.66. The van der Waals surface area contributed by atoms with Crippen LogP contribution in [0.15, 0.2) is 24.3 Å². The number of anilines is 1. The van der Waals surface area contributed by atoms with Gasteiger partial charge in [-0.25, -0.2) is 9.82 Å². The van der Waals surface area contributed by atoms with Gasteiger partial charge in [-0.2, -0.15) is 0 Å². The van der Waals surface area contributed by atoms with Crippen molar-refractivity contribution in [2.24, 2.45) is 5.92 Å². The Morgan fingerprint density at radius 2 is 1.86 bits per heavy atom. The van der Waals surface area contributed by atoms with E-state index in [1.54, 1.807) is 6.07 Å². The highest BCUT2D eigenvalue weighted by Crippen LogP contribution is 2.13. The van der Waals surface area contributed by atoms with Crippen molar-refractivity contribution < 1.29 is 9.13 Å². The van der Waals surface area contributed by atoms with E-state index in [1.807, 2.05) is 13.0 Å². The molecule has 22 heavy (non-hydrogen) atoms. The molecule has 0 bridgehead atoms. The minimum absolute atomic E-state index is 0.0661. The molecular weight excluding hydrogens is 279 g/mol. The van der Waals surface area contributed by atoms with Crippen LogP contribution in [-0.4, -0.2) is 18.8 Å². The average Bonchev–Trinajstić information content (AvgIpc) is 2.41. The molecule has 0 heterocycles. The SMILES string of the molecule is CC(C)C.CCOCCCC(C)(C)NNc1cccc(F)c1. The molecule has 0 aliphatic carbocycles. The zero-order valence-electron chi connectivity index (χ0n) is 15.0. The molecule has 128 valence electrons. The van der Waals surface area contributed by atoms with Crippen LogP contribution in [0, 0.1) is 11.7 Å².